The Balaban J connectivity index is 1.76. The summed E-state index contributed by atoms with van der Waals surface area (Å²) in [5.41, 5.74) is 1.59. The molecule has 0 aliphatic heterocycles. The molecule has 0 bridgehead atoms. The van der Waals surface area contributed by atoms with Gasteiger partial charge in [0.25, 0.3) is 11.5 Å². The van der Waals surface area contributed by atoms with Crippen LogP contribution in [-0.4, -0.2) is 36.6 Å². The second-order valence-corrected chi connectivity index (χ2v) is 5.66. The van der Waals surface area contributed by atoms with Gasteiger partial charge in [0.1, 0.15) is 0 Å². The number of carbonyl (C=O) groups is 1. The lowest BCUT2D eigenvalue weighted by Gasteiger charge is -2.10. The SMILES string of the molecule is COc1cc2cc(CCNC(=O)c3ccncc3)c(=O)[nH]c2cc1OC. The third-order valence-electron chi connectivity index (χ3n) is 4.05. The first kappa shape index (κ1) is 17.5. The van der Waals surface area contributed by atoms with Crippen LogP contribution in [0, 0.1) is 0 Å². The summed E-state index contributed by atoms with van der Waals surface area (Å²) in [5.74, 6) is 0.938. The molecule has 0 saturated carbocycles. The molecule has 0 atom stereocenters. The average molecular weight is 353 g/mol. The van der Waals surface area contributed by atoms with E-state index in [1.807, 2.05) is 6.07 Å². The van der Waals surface area contributed by atoms with E-state index in [1.54, 1.807) is 50.9 Å². The van der Waals surface area contributed by atoms with Crippen LogP contribution in [-0.2, 0) is 6.42 Å². The number of aromatic nitrogens is 2. The zero-order valence-corrected chi connectivity index (χ0v) is 14.5. The Morgan fingerprint density at radius 2 is 1.81 bits per heavy atom. The van der Waals surface area contributed by atoms with Crippen LogP contribution in [0.4, 0.5) is 0 Å². The van der Waals surface area contributed by atoms with Crippen LogP contribution in [0.2, 0.25) is 0 Å². The monoisotopic (exact) mass is 353 g/mol. The second-order valence-electron chi connectivity index (χ2n) is 5.66. The van der Waals surface area contributed by atoms with Crippen molar-refractivity contribution in [2.24, 2.45) is 0 Å². The van der Waals surface area contributed by atoms with E-state index in [0.717, 1.165) is 5.39 Å². The molecule has 0 saturated heterocycles. The summed E-state index contributed by atoms with van der Waals surface area (Å²) in [6, 6.07) is 8.61. The molecule has 2 N–H and O–H groups in total. The molecular weight excluding hydrogens is 334 g/mol. The number of hydrogen-bond donors (Lipinski definition) is 2. The molecule has 26 heavy (non-hydrogen) atoms. The van der Waals surface area contributed by atoms with Crippen molar-refractivity contribution in [3.63, 3.8) is 0 Å². The number of nitrogens with one attached hydrogen (secondary N) is 2. The van der Waals surface area contributed by atoms with Gasteiger partial charge in [0.2, 0.25) is 0 Å². The van der Waals surface area contributed by atoms with Gasteiger partial charge in [-0.15, -0.1) is 0 Å². The van der Waals surface area contributed by atoms with E-state index in [0.29, 0.717) is 41.1 Å². The first-order valence-electron chi connectivity index (χ1n) is 8.08. The highest BCUT2D eigenvalue weighted by Gasteiger charge is 2.10. The van der Waals surface area contributed by atoms with Crippen molar-refractivity contribution < 1.29 is 14.3 Å². The molecule has 2 aromatic heterocycles. The molecule has 0 aliphatic rings. The fourth-order valence-corrected chi connectivity index (χ4v) is 2.68. The lowest BCUT2D eigenvalue weighted by atomic mass is 10.1. The van der Waals surface area contributed by atoms with Crippen LogP contribution in [0.25, 0.3) is 10.9 Å². The Morgan fingerprint density at radius 1 is 1.12 bits per heavy atom. The number of amides is 1. The van der Waals surface area contributed by atoms with Crippen LogP contribution in [0.1, 0.15) is 15.9 Å². The lowest BCUT2D eigenvalue weighted by Crippen LogP contribution is -2.27. The van der Waals surface area contributed by atoms with E-state index in [-0.39, 0.29) is 11.5 Å². The van der Waals surface area contributed by atoms with Crippen LogP contribution in [0.15, 0.2) is 47.5 Å². The van der Waals surface area contributed by atoms with Gasteiger partial charge in [-0.1, -0.05) is 0 Å². The maximum atomic E-state index is 12.3. The number of aromatic amines is 1. The van der Waals surface area contributed by atoms with Gasteiger partial charge in [-0.05, 0) is 30.7 Å². The van der Waals surface area contributed by atoms with E-state index >= 15 is 0 Å². The third kappa shape index (κ3) is 3.66. The zero-order valence-electron chi connectivity index (χ0n) is 14.5. The number of carbonyl (C=O) groups excluding carboxylic acids is 1. The molecule has 0 fully saturated rings. The molecule has 0 radical (unpaired) electrons. The molecule has 0 unspecified atom stereocenters. The molecule has 3 aromatic rings. The highest BCUT2D eigenvalue weighted by Crippen LogP contribution is 2.30. The van der Waals surface area contributed by atoms with Gasteiger partial charge in [-0.25, -0.2) is 0 Å². The number of benzene rings is 1. The summed E-state index contributed by atoms with van der Waals surface area (Å²) < 4.78 is 10.5. The predicted molar refractivity (Wildman–Crippen MR) is 97.9 cm³/mol. The molecule has 1 aromatic carbocycles. The normalized spacial score (nSPS) is 10.5. The van der Waals surface area contributed by atoms with Crippen molar-refractivity contribution in [1.29, 1.82) is 0 Å². The van der Waals surface area contributed by atoms with Gasteiger partial charge in [0.05, 0.1) is 19.7 Å². The lowest BCUT2D eigenvalue weighted by molar-refractivity contribution is 0.0954. The van der Waals surface area contributed by atoms with Crippen LogP contribution in [0.5, 0.6) is 11.5 Å². The Morgan fingerprint density at radius 3 is 2.50 bits per heavy atom. The van der Waals surface area contributed by atoms with Gasteiger partial charge in [-0.3, -0.25) is 14.6 Å². The van der Waals surface area contributed by atoms with Crippen molar-refractivity contribution >= 4 is 16.8 Å². The Kier molecular flexibility index (Phi) is 5.17. The summed E-state index contributed by atoms with van der Waals surface area (Å²) in [7, 11) is 3.10. The van der Waals surface area contributed by atoms with E-state index in [9.17, 15) is 9.59 Å². The summed E-state index contributed by atoms with van der Waals surface area (Å²) >= 11 is 0. The Hall–Kier alpha value is -3.35. The number of hydrogen-bond acceptors (Lipinski definition) is 5. The molecule has 0 spiro atoms. The number of rotatable bonds is 6. The molecule has 2 heterocycles. The standard InChI is InChI=1S/C19H19N3O4/c1-25-16-10-14-9-13(19(24)22-15(14)11-17(16)26-2)5-8-21-18(23)12-3-6-20-7-4-12/h3-4,6-7,9-11H,5,8H2,1-2H3,(H,21,23)(H,22,24). The van der Waals surface area contributed by atoms with E-state index in [1.165, 1.54) is 0 Å². The smallest absolute Gasteiger partial charge is 0.251 e. The molecular formula is C19H19N3O4. The van der Waals surface area contributed by atoms with Crippen molar-refractivity contribution in [1.82, 2.24) is 15.3 Å². The maximum Gasteiger partial charge on any atom is 0.251 e. The fraction of sp³-hybridized carbons (Fsp3) is 0.211. The Labute approximate surface area is 150 Å². The van der Waals surface area contributed by atoms with E-state index in [4.69, 9.17) is 9.47 Å². The number of nitrogens with zero attached hydrogens (tertiary/aromatic N) is 1. The maximum absolute atomic E-state index is 12.3. The van der Waals surface area contributed by atoms with Crippen molar-refractivity contribution in [3.05, 3.63) is 64.2 Å². The number of H-pyrrole nitrogens is 1. The van der Waals surface area contributed by atoms with Crippen molar-refractivity contribution in [2.45, 2.75) is 6.42 Å². The molecule has 134 valence electrons. The van der Waals surface area contributed by atoms with Gasteiger partial charge in [0, 0.05) is 41.5 Å². The molecule has 0 aliphatic carbocycles. The molecule has 3 rings (SSSR count). The number of ether oxygens (including phenoxy) is 2. The number of methoxy groups -OCH3 is 2. The summed E-state index contributed by atoms with van der Waals surface area (Å²) in [6.45, 7) is 0.350. The second kappa shape index (κ2) is 7.69. The van der Waals surface area contributed by atoms with Crippen LogP contribution in [0.3, 0.4) is 0 Å². The number of pyridine rings is 2. The molecule has 7 heteroatoms. The van der Waals surface area contributed by atoms with E-state index in [2.05, 4.69) is 15.3 Å². The first-order chi connectivity index (χ1) is 12.6. The quantitative estimate of drug-likeness (QED) is 0.706. The van der Waals surface area contributed by atoms with Crippen molar-refractivity contribution in [3.8, 4) is 11.5 Å². The minimum absolute atomic E-state index is 0.192. The highest BCUT2D eigenvalue weighted by atomic mass is 16.5. The average Bonchev–Trinajstić information content (AvgIpc) is 2.68. The van der Waals surface area contributed by atoms with Crippen molar-refractivity contribution in [2.75, 3.05) is 20.8 Å². The highest BCUT2D eigenvalue weighted by molar-refractivity contribution is 5.94. The van der Waals surface area contributed by atoms with Crippen LogP contribution >= 0.6 is 0 Å². The minimum Gasteiger partial charge on any atom is -0.493 e. The van der Waals surface area contributed by atoms with E-state index < -0.39 is 0 Å². The fourth-order valence-electron chi connectivity index (χ4n) is 2.68. The topological polar surface area (TPSA) is 93.3 Å². The first-order valence-corrected chi connectivity index (χ1v) is 8.08. The zero-order chi connectivity index (χ0) is 18.5. The third-order valence-corrected chi connectivity index (χ3v) is 4.05. The summed E-state index contributed by atoms with van der Waals surface area (Å²) in [6.07, 6.45) is 3.53. The largest absolute Gasteiger partial charge is 0.493 e. The summed E-state index contributed by atoms with van der Waals surface area (Å²) in [5, 5.41) is 3.63. The Bertz CT molecular complexity index is 983. The van der Waals surface area contributed by atoms with Gasteiger partial charge in [0.15, 0.2) is 11.5 Å². The van der Waals surface area contributed by atoms with Crippen LogP contribution < -0.4 is 20.3 Å². The van der Waals surface area contributed by atoms with Gasteiger partial charge >= 0.3 is 0 Å². The van der Waals surface area contributed by atoms with Gasteiger partial charge < -0.3 is 19.8 Å². The van der Waals surface area contributed by atoms with Gasteiger partial charge in [-0.2, -0.15) is 0 Å². The minimum atomic E-state index is -0.198. The number of fused-ring (bicyclic) bond motifs is 1. The summed E-state index contributed by atoms with van der Waals surface area (Å²) in [4.78, 5) is 31.0. The molecule has 7 nitrogen and oxygen atoms in total. The molecule has 1 amide bonds. The predicted octanol–water partition coefficient (Wildman–Crippen LogP) is 1.91.